The van der Waals surface area contributed by atoms with Crippen molar-refractivity contribution in [2.24, 2.45) is 5.92 Å². The monoisotopic (exact) mass is 490 g/mol. The first-order chi connectivity index (χ1) is 15.1. The van der Waals surface area contributed by atoms with Crippen LogP contribution < -0.4 is 0 Å². The van der Waals surface area contributed by atoms with Gasteiger partial charge < -0.3 is 9.16 Å². The minimum atomic E-state index is -1.97. The van der Waals surface area contributed by atoms with Crippen LogP contribution in [0.3, 0.4) is 0 Å². The second-order valence-electron chi connectivity index (χ2n) is 10.9. The van der Waals surface area contributed by atoms with Crippen molar-refractivity contribution in [3.05, 3.63) is 34.9 Å². The zero-order chi connectivity index (χ0) is 26.0. The van der Waals surface area contributed by atoms with E-state index < -0.39 is 16.4 Å². The summed E-state index contributed by atoms with van der Waals surface area (Å²) >= 11 is 0. The second kappa shape index (κ2) is 13.5. The van der Waals surface area contributed by atoms with Crippen LogP contribution in [0.15, 0.2) is 34.9 Å². The molecule has 0 spiro atoms. The summed E-state index contributed by atoms with van der Waals surface area (Å²) in [6, 6.07) is 3.57. The molecule has 0 heterocycles. The van der Waals surface area contributed by atoms with Gasteiger partial charge in [-0.05, 0) is 63.1 Å². The highest BCUT2D eigenvalue weighted by molar-refractivity contribution is 6.87. The predicted octanol–water partition coefficient (Wildman–Crippen LogP) is 8.08. The Morgan fingerprint density at radius 2 is 1.48 bits per heavy atom. The zero-order valence-electron chi connectivity index (χ0n) is 23.7. The number of carbonyl (C=O) groups is 1. The van der Waals surface area contributed by atoms with Crippen LogP contribution in [0.25, 0.3) is 0 Å². The highest BCUT2D eigenvalue weighted by Gasteiger charge is 2.40. The Balaban J connectivity index is 6.13. The molecular weight excluding hydrogens is 440 g/mol. The highest BCUT2D eigenvalue weighted by Crippen LogP contribution is 2.38. The molecule has 0 aromatic heterocycles. The van der Waals surface area contributed by atoms with E-state index in [-0.39, 0.29) is 23.0 Å². The third-order valence-corrected chi connectivity index (χ3v) is 16.3. The first-order valence-electron chi connectivity index (χ1n) is 12.4. The van der Waals surface area contributed by atoms with Gasteiger partial charge in [-0.15, -0.1) is 5.54 Å². The molecule has 0 aliphatic heterocycles. The number of hydrogen-bond donors (Lipinski definition) is 0. The maximum atomic E-state index is 11.7. The van der Waals surface area contributed by atoms with E-state index in [1.165, 1.54) is 25.2 Å². The van der Waals surface area contributed by atoms with Crippen LogP contribution in [0.5, 0.6) is 0 Å². The van der Waals surface area contributed by atoms with Crippen molar-refractivity contribution in [2.75, 3.05) is 7.11 Å². The molecule has 0 saturated heterocycles. The molecule has 0 N–H and O–H groups in total. The Bertz CT molecular complexity index is 789. The van der Waals surface area contributed by atoms with Gasteiger partial charge in [-0.2, -0.15) is 0 Å². The fourth-order valence-electron chi connectivity index (χ4n) is 3.51. The van der Waals surface area contributed by atoms with Gasteiger partial charge in [-0.3, -0.25) is 0 Å². The van der Waals surface area contributed by atoms with Gasteiger partial charge in [-0.25, -0.2) is 4.79 Å². The third kappa shape index (κ3) is 10.2. The third-order valence-electron chi connectivity index (χ3n) is 7.15. The van der Waals surface area contributed by atoms with Crippen LogP contribution in [0, 0.1) is 17.4 Å². The number of hydrogen-bond acceptors (Lipinski definition) is 3. The van der Waals surface area contributed by atoms with Crippen LogP contribution in [0.2, 0.25) is 36.3 Å². The van der Waals surface area contributed by atoms with Gasteiger partial charge in [0.2, 0.25) is 0 Å². The lowest BCUT2D eigenvalue weighted by molar-refractivity contribution is -0.136. The molecule has 0 fully saturated rings. The van der Waals surface area contributed by atoms with Gasteiger partial charge in [0.05, 0.1) is 7.11 Å². The topological polar surface area (TPSA) is 35.5 Å². The molecular formula is C28H50O3Si2. The molecule has 3 nitrogen and oxygen atoms in total. The van der Waals surface area contributed by atoms with E-state index in [0.717, 1.165) is 11.1 Å². The van der Waals surface area contributed by atoms with Gasteiger partial charge in [-0.1, -0.05) is 77.7 Å². The first kappa shape index (κ1) is 31.6. The van der Waals surface area contributed by atoms with Crippen molar-refractivity contribution < 1.29 is 14.0 Å². The van der Waals surface area contributed by atoms with E-state index in [4.69, 9.17) is 9.16 Å². The molecule has 0 rings (SSSR count). The van der Waals surface area contributed by atoms with E-state index in [1.807, 2.05) is 13.0 Å². The molecule has 0 aromatic carbocycles. The fourth-order valence-corrected chi connectivity index (χ4v) is 7.25. The van der Waals surface area contributed by atoms with E-state index in [9.17, 15) is 4.79 Å². The summed E-state index contributed by atoms with van der Waals surface area (Å²) in [4.78, 5) is 11.7. The quantitative estimate of drug-likeness (QED) is 0.102. The molecule has 0 amide bonds. The molecule has 5 heteroatoms. The molecule has 0 unspecified atom stereocenters. The summed E-state index contributed by atoms with van der Waals surface area (Å²) < 4.78 is 11.7. The average Bonchev–Trinajstić information content (AvgIpc) is 2.72. The lowest BCUT2D eigenvalue weighted by Gasteiger charge is -2.39. The standard InChI is InChI=1S/C28H50O3Si2/c1-14-33(15-2,16-3)18-17-26(31-32(12,13)28(8,9)10)24(6)20-22(4)19-23(5)21-25(7)27(29)30-11/h19-21,24,26H,14-16H2,1-13H3/t24-,26-/m1/s1. The predicted molar refractivity (Wildman–Crippen MR) is 149 cm³/mol. The molecule has 0 aromatic rings. The van der Waals surface area contributed by atoms with Crippen LogP contribution in [-0.2, 0) is 14.0 Å². The SMILES string of the molecule is CC[Si](C#C[C@@H](O[Si](C)(C)C(C)(C)C)[C@H](C)C=C(C)C=C(C)C=C(C)C(=O)OC)(CC)CC. The van der Waals surface area contributed by atoms with E-state index in [0.29, 0.717) is 5.57 Å². The van der Waals surface area contributed by atoms with Crippen LogP contribution in [0.4, 0.5) is 0 Å². The van der Waals surface area contributed by atoms with E-state index in [2.05, 4.69) is 92.1 Å². The molecule has 33 heavy (non-hydrogen) atoms. The van der Waals surface area contributed by atoms with Crippen molar-refractivity contribution in [3.63, 3.8) is 0 Å². The maximum Gasteiger partial charge on any atom is 0.333 e. The number of ether oxygens (including phenoxy) is 1. The lowest BCUT2D eigenvalue weighted by atomic mass is 10.0. The van der Waals surface area contributed by atoms with Gasteiger partial charge in [0, 0.05) is 11.5 Å². The zero-order valence-corrected chi connectivity index (χ0v) is 25.7. The number of esters is 1. The summed E-state index contributed by atoms with van der Waals surface area (Å²) in [7, 11) is -2.12. The summed E-state index contributed by atoms with van der Waals surface area (Å²) in [6.45, 7) is 26.4. The molecule has 0 aliphatic carbocycles. The minimum absolute atomic E-state index is 0.113. The van der Waals surface area contributed by atoms with Crippen LogP contribution in [-0.4, -0.2) is 35.6 Å². The van der Waals surface area contributed by atoms with E-state index >= 15 is 0 Å². The van der Waals surface area contributed by atoms with Gasteiger partial charge in [0.25, 0.3) is 0 Å². The van der Waals surface area contributed by atoms with Gasteiger partial charge in [0.1, 0.15) is 14.2 Å². The molecule has 0 radical (unpaired) electrons. The van der Waals surface area contributed by atoms with Crippen molar-refractivity contribution in [1.29, 1.82) is 0 Å². The van der Waals surface area contributed by atoms with Crippen molar-refractivity contribution in [2.45, 2.75) is 112 Å². The number of rotatable bonds is 10. The van der Waals surface area contributed by atoms with Crippen molar-refractivity contribution >= 4 is 22.4 Å². The number of carbonyl (C=O) groups excluding carboxylic acids is 1. The molecule has 0 aliphatic rings. The average molecular weight is 491 g/mol. The summed E-state index contributed by atoms with van der Waals surface area (Å²) in [5.74, 6) is 3.51. The molecule has 2 atom stereocenters. The Labute approximate surface area is 207 Å². The Morgan fingerprint density at radius 3 is 1.91 bits per heavy atom. The Kier molecular flexibility index (Phi) is 13.0. The van der Waals surface area contributed by atoms with Crippen molar-refractivity contribution in [1.82, 2.24) is 0 Å². The van der Waals surface area contributed by atoms with Gasteiger partial charge in [0.15, 0.2) is 8.32 Å². The summed E-state index contributed by atoms with van der Waals surface area (Å²) in [5, 5.41) is 0.132. The van der Waals surface area contributed by atoms with Crippen LogP contribution >= 0.6 is 0 Å². The summed E-state index contributed by atoms with van der Waals surface area (Å²) in [6.07, 6.45) is 6.10. The van der Waals surface area contributed by atoms with Gasteiger partial charge >= 0.3 is 5.97 Å². The lowest BCUT2D eigenvalue weighted by Crippen LogP contribution is -2.45. The molecule has 0 bridgehead atoms. The highest BCUT2D eigenvalue weighted by atomic mass is 28.4. The van der Waals surface area contributed by atoms with Crippen molar-refractivity contribution in [3.8, 4) is 11.5 Å². The normalized spacial score (nSPS) is 16.1. The maximum absolute atomic E-state index is 11.7. The Hall–Kier alpha value is -1.36. The van der Waals surface area contributed by atoms with Crippen LogP contribution in [0.1, 0.15) is 69.2 Å². The second-order valence-corrected chi connectivity index (χ2v) is 20.6. The Morgan fingerprint density at radius 1 is 0.970 bits per heavy atom. The first-order valence-corrected chi connectivity index (χ1v) is 17.9. The smallest absolute Gasteiger partial charge is 0.333 e. The summed E-state index contributed by atoms with van der Waals surface area (Å²) in [5.41, 5.74) is 6.53. The largest absolute Gasteiger partial charge is 0.466 e. The minimum Gasteiger partial charge on any atom is -0.466 e. The van der Waals surface area contributed by atoms with E-state index in [1.54, 1.807) is 6.92 Å². The number of allylic oxidation sites excluding steroid dienone is 4. The molecule has 188 valence electrons. The number of methoxy groups -OCH3 is 1. The fraction of sp³-hybridized carbons (Fsp3) is 0.679. The molecule has 0 saturated carbocycles.